The van der Waals surface area contributed by atoms with Crippen LogP contribution in [0.4, 0.5) is 0 Å². The first-order chi connectivity index (χ1) is 14.2. The van der Waals surface area contributed by atoms with Gasteiger partial charge in [0.15, 0.2) is 5.96 Å². The maximum Gasteiger partial charge on any atom is 0.226 e. The average Bonchev–Trinajstić information content (AvgIpc) is 3.21. The van der Waals surface area contributed by atoms with Crippen LogP contribution < -0.4 is 15.4 Å². The van der Waals surface area contributed by atoms with E-state index in [9.17, 15) is 0 Å². The molecule has 1 aromatic carbocycles. The summed E-state index contributed by atoms with van der Waals surface area (Å²) in [5, 5.41) is 6.53. The number of guanidine groups is 1. The van der Waals surface area contributed by atoms with Crippen LogP contribution in [0.2, 0.25) is 0 Å². The molecule has 3 rings (SSSR count). The number of oxazole rings is 1. The highest BCUT2D eigenvalue weighted by Crippen LogP contribution is 2.19. The third-order valence-corrected chi connectivity index (χ3v) is 4.17. The summed E-state index contributed by atoms with van der Waals surface area (Å²) in [6.07, 6.45) is 3.39. The van der Waals surface area contributed by atoms with Gasteiger partial charge in [0.05, 0.1) is 25.4 Å². The molecular formula is C22H27N5O2. The lowest BCUT2D eigenvalue weighted by molar-refractivity contribution is 0.323. The zero-order chi connectivity index (χ0) is 20.5. The third-order valence-electron chi connectivity index (χ3n) is 4.17. The molecule has 0 aliphatic rings. The predicted octanol–water partition coefficient (Wildman–Crippen LogP) is 3.70. The van der Waals surface area contributed by atoms with Gasteiger partial charge in [-0.1, -0.05) is 23.8 Å². The fraction of sp³-hybridized carbons (Fsp3) is 0.318. The van der Waals surface area contributed by atoms with E-state index in [0.29, 0.717) is 37.4 Å². The number of hydrogen-bond donors (Lipinski definition) is 2. The summed E-state index contributed by atoms with van der Waals surface area (Å²) in [4.78, 5) is 13.5. The van der Waals surface area contributed by atoms with Gasteiger partial charge in [-0.05, 0) is 39.0 Å². The molecule has 152 valence electrons. The van der Waals surface area contributed by atoms with Crippen molar-refractivity contribution < 1.29 is 9.15 Å². The van der Waals surface area contributed by atoms with Crippen molar-refractivity contribution in [3.8, 4) is 17.3 Å². The van der Waals surface area contributed by atoms with Crippen LogP contribution in [0.15, 0.2) is 58.3 Å². The summed E-state index contributed by atoms with van der Waals surface area (Å²) in [6.45, 7) is 8.32. The van der Waals surface area contributed by atoms with Gasteiger partial charge in [-0.3, -0.25) is 0 Å². The van der Waals surface area contributed by atoms with Crippen molar-refractivity contribution in [2.24, 2.45) is 4.99 Å². The Balaban J connectivity index is 1.64. The molecular weight excluding hydrogens is 366 g/mol. The van der Waals surface area contributed by atoms with E-state index in [0.717, 1.165) is 23.4 Å². The van der Waals surface area contributed by atoms with Gasteiger partial charge in [-0.15, -0.1) is 0 Å². The topological polar surface area (TPSA) is 84.6 Å². The molecule has 3 aromatic rings. The standard InChI is InChI=1S/C22H27N5O2/c1-4-23-22(25-13-18-7-6-12-24-20(18)28-5-2)26-14-19-15-29-21(27-19)17-10-8-16(3)9-11-17/h6-12,15H,4-5,13-14H2,1-3H3,(H2,23,25,26). The highest BCUT2D eigenvalue weighted by atomic mass is 16.5. The monoisotopic (exact) mass is 393 g/mol. The van der Waals surface area contributed by atoms with Crippen molar-refractivity contribution >= 4 is 5.96 Å². The molecule has 0 unspecified atom stereocenters. The molecule has 2 N–H and O–H groups in total. The largest absolute Gasteiger partial charge is 0.478 e. The molecule has 7 heteroatoms. The molecule has 0 amide bonds. The molecule has 2 aromatic heterocycles. The maximum absolute atomic E-state index is 5.62. The summed E-state index contributed by atoms with van der Waals surface area (Å²) >= 11 is 0. The number of ether oxygens (including phenoxy) is 1. The Bertz CT molecular complexity index is 934. The van der Waals surface area contributed by atoms with Gasteiger partial charge in [-0.25, -0.2) is 15.0 Å². The van der Waals surface area contributed by atoms with E-state index in [2.05, 4.69) is 32.5 Å². The summed E-state index contributed by atoms with van der Waals surface area (Å²) < 4.78 is 11.2. The normalized spacial score (nSPS) is 11.3. The quantitative estimate of drug-likeness (QED) is 0.448. The summed E-state index contributed by atoms with van der Waals surface area (Å²) in [5.74, 6) is 1.92. The van der Waals surface area contributed by atoms with E-state index >= 15 is 0 Å². The molecule has 2 heterocycles. The van der Waals surface area contributed by atoms with E-state index < -0.39 is 0 Å². The van der Waals surface area contributed by atoms with Crippen LogP contribution in [0, 0.1) is 6.92 Å². The van der Waals surface area contributed by atoms with Crippen molar-refractivity contribution in [3.63, 3.8) is 0 Å². The Morgan fingerprint density at radius 3 is 2.72 bits per heavy atom. The third kappa shape index (κ3) is 5.81. The van der Waals surface area contributed by atoms with E-state index in [1.165, 1.54) is 5.56 Å². The molecule has 0 bridgehead atoms. The minimum atomic E-state index is 0.464. The molecule has 0 spiro atoms. The Hall–Kier alpha value is -3.35. The summed E-state index contributed by atoms with van der Waals surface area (Å²) in [5.41, 5.74) is 3.91. The molecule has 0 fully saturated rings. The second kappa shape index (κ2) is 10.3. The molecule has 0 saturated heterocycles. The van der Waals surface area contributed by atoms with E-state index in [1.807, 2.05) is 50.2 Å². The number of benzene rings is 1. The first-order valence-corrected chi connectivity index (χ1v) is 9.80. The van der Waals surface area contributed by atoms with Crippen LogP contribution in [0.25, 0.3) is 11.5 Å². The number of aryl methyl sites for hydroxylation is 1. The number of aliphatic imine (C=N–C) groups is 1. The SMILES string of the molecule is CCNC(=NCc1cccnc1OCC)NCc1coc(-c2ccc(C)cc2)n1. The maximum atomic E-state index is 5.62. The Morgan fingerprint density at radius 1 is 1.14 bits per heavy atom. The lowest BCUT2D eigenvalue weighted by Crippen LogP contribution is -2.36. The van der Waals surface area contributed by atoms with Crippen LogP contribution in [-0.2, 0) is 13.1 Å². The van der Waals surface area contributed by atoms with Crippen LogP contribution in [0.5, 0.6) is 5.88 Å². The van der Waals surface area contributed by atoms with Crippen molar-refractivity contribution in [2.75, 3.05) is 13.2 Å². The molecule has 0 aliphatic carbocycles. The molecule has 0 saturated carbocycles. The second-order valence-electron chi connectivity index (χ2n) is 6.46. The number of nitrogens with zero attached hydrogens (tertiary/aromatic N) is 3. The zero-order valence-corrected chi connectivity index (χ0v) is 17.1. The van der Waals surface area contributed by atoms with Gasteiger partial charge < -0.3 is 19.8 Å². The van der Waals surface area contributed by atoms with Crippen molar-refractivity contribution in [3.05, 3.63) is 65.7 Å². The number of pyridine rings is 1. The van der Waals surface area contributed by atoms with Gasteiger partial charge in [-0.2, -0.15) is 0 Å². The molecule has 29 heavy (non-hydrogen) atoms. The minimum absolute atomic E-state index is 0.464. The van der Waals surface area contributed by atoms with Crippen molar-refractivity contribution in [1.29, 1.82) is 0 Å². The average molecular weight is 393 g/mol. The van der Waals surface area contributed by atoms with Crippen LogP contribution >= 0.6 is 0 Å². The molecule has 0 atom stereocenters. The molecule has 0 radical (unpaired) electrons. The number of nitrogens with one attached hydrogen (secondary N) is 2. The number of aromatic nitrogens is 2. The van der Waals surface area contributed by atoms with Gasteiger partial charge in [0.2, 0.25) is 11.8 Å². The van der Waals surface area contributed by atoms with Gasteiger partial charge >= 0.3 is 0 Å². The van der Waals surface area contributed by atoms with E-state index in [-0.39, 0.29) is 0 Å². The lowest BCUT2D eigenvalue weighted by atomic mass is 10.1. The molecule has 7 nitrogen and oxygen atoms in total. The van der Waals surface area contributed by atoms with E-state index in [1.54, 1.807) is 12.5 Å². The van der Waals surface area contributed by atoms with Crippen molar-refractivity contribution in [2.45, 2.75) is 33.9 Å². The smallest absolute Gasteiger partial charge is 0.226 e. The number of rotatable bonds is 8. The first-order valence-electron chi connectivity index (χ1n) is 9.80. The van der Waals surface area contributed by atoms with E-state index in [4.69, 9.17) is 9.15 Å². The van der Waals surface area contributed by atoms with Crippen LogP contribution in [0.1, 0.15) is 30.7 Å². The fourth-order valence-corrected chi connectivity index (χ4v) is 2.71. The van der Waals surface area contributed by atoms with Gasteiger partial charge in [0, 0.05) is 23.9 Å². The first kappa shape index (κ1) is 20.4. The molecule has 0 aliphatic heterocycles. The van der Waals surface area contributed by atoms with Crippen LogP contribution in [-0.4, -0.2) is 29.1 Å². The second-order valence-corrected chi connectivity index (χ2v) is 6.46. The van der Waals surface area contributed by atoms with Gasteiger partial charge in [0.1, 0.15) is 6.26 Å². The highest BCUT2D eigenvalue weighted by molar-refractivity contribution is 5.79. The van der Waals surface area contributed by atoms with Gasteiger partial charge in [0.25, 0.3) is 0 Å². The Kier molecular flexibility index (Phi) is 7.22. The zero-order valence-electron chi connectivity index (χ0n) is 17.1. The summed E-state index contributed by atoms with van der Waals surface area (Å²) in [6, 6.07) is 12.0. The highest BCUT2D eigenvalue weighted by Gasteiger charge is 2.08. The Labute approximate surface area is 171 Å². The summed E-state index contributed by atoms with van der Waals surface area (Å²) in [7, 11) is 0. The van der Waals surface area contributed by atoms with Crippen LogP contribution in [0.3, 0.4) is 0 Å². The lowest BCUT2D eigenvalue weighted by Gasteiger charge is -2.11. The van der Waals surface area contributed by atoms with Crippen molar-refractivity contribution in [1.82, 2.24) is 20.6 Å². The predicted molar refractivity (Wildman–Crippen MR) is 114 cm³/mol. The Morgan fingerprint density at radius 2 is 1.97 bits per heavy atom. The fourth-order valence-electron chi connectivity index (χ4n) is 2.71. The minimum Gasteiger partial charge on any atom is -0.478 e. The number of hydrogen-bond acceptors (Lipinski definition) is 5.